The Kier molecular flexibility index (Phi) is 27.4. The molecule has 0 N–H and O–H groups in total. The molecule has 0 aromatic carbocycles. The fourth-order valence-corrected chi connectivity index (χ4v) is 5.51. The minimum atomic E-state index is -2.36. The van der Waals surface area contributed by atoms with Gasteiger partial charge in [-0.2, -0.15) is 0 Å². The van der Waals surface area contributed by atoms with Gasteiger partial charge < -0.3 is 9.90 Å². The third-order valence-electron chi connectivity index (χ3n) is 6.29. The Morgan fingerprint density at radius 1 is 0.706 bits per heavy atom. The molecular weight excluding hydrogens is 464 g/mol. The van der Waals surface area contributed by atoms with Gasteiger partial charge >= 0.3 is 185 Å². The average molecular weight is 521 g/mol. The number of carboxylic acid groups (broad SMARTS) is 1. The molecule has 6 heteroatoms. The first-order valence-electron chi connectivity index (χ1n) is 13.9. The number of carbonyl (C=O) groups excluding carboxylic acids is 1. The fourth-order valence-electron chi connectivity index (χ4n) is 3.38. The molecule has 0 saturated carbocycles. The summed E-state index contributed by atoms with van der Waals surface area (Å²) in [5.41, 5.74) is 0.0648. The van der Waals surface area contributed by atoms with E-state index in [9.17, 15) is 9.90 Å². The van der Waals surface area contributed by atoms with Crippen molar-refractivity contribution in [3.8, 4) is 0 Å². The SMILES string of the molecule is C=C(C)C(=O)[O-].CCCCC(CC)C[O][Ti+]([O]CC(CC)CCCC)[O]CC(CC)CCCC. The second-order valence-electron chi connectivity index (χ2n) is 9.50. The Balaban J connectivity index is 0. The molecule has 0 aliphatic carbocycles. The van der Waals surface area contributed by atoms with Crippen LogP contribution in [-0.2, 0) is 33.8 Å². The molecule has 0 amide bonds. The van der Waals surface area contributed by atoms with E-state index in [0.717, 1.165) is 19.8 Å². The second-order valence-corrected chi connectivity index (χ2v) is 11.6. The van der Waals surface area contributed by atoms with Crippen LogP contribution in [-0.4, -0.2) is 25.8 Å². The van der Waals surface area contributed by atoms with Gasteiger partial charge in [-0.05, 0) is 12.5 Å². The molecule has 0 aromatic heterocycles. The van der Waals surface area contributed by atoms with Crippen LogP contribution in [0, 0.1) is 17.8 Å². The number of hydrogen-bond donors (Lipinski definition) is 0. The minimum absolute atomic E-state index is 0.0648. The Bertz CT molecular complexity index is 412. The van der Waals surface area contributed by atoms with E-state index in [1.54, 1.807) is 0 Å². The van der Waals surface area contributed by atoms with Crippen molar-refractivity contribution in [2.45, 2.75) is 126 Å². The van der Waals surface area contributed by atoms with Crippen molar-refractivity contribution in [1.29, 1.82) is 0 Å². The molecule has 5 nitrogen and oxygen atoms in total. The molecule has 0 saturated heterocycles. The van der Waals surface area contributed by atoms with Crippen molar-refractivity contribution in [2.24, 2.45) is 17.8 Å². The quantitative estimate of drug-likeness (QED) is 0.110. The Hall–Kier alpha value is -0.196. The van der Waals surface area contributed by atoms with E-state index in [1.165, 1.54) is 84.0 Å². The summed E-state index contributed by atoms with van der Waals surface area (Å²) in [6, 6.07) is 0. The van der Waals surface area contributed by atoms with Crippen LogP contribution in [0.15, 0.2) is 12.2 Å². The van der Waals surface area contributed by atoms with E-state index in [2.05, 4.69) is 48.1 Å². The molecule has 0 fully saturated rings. The zero-order valence-corrected chi connectivity index (χ0v) is 25.1. The molecule has 0 aliphatic rings. The van der Waals surface area contributed by atoms with Gasteiger partial charge in [0.25, 0.3) is 0 Å². The van der Waals surface area contributed by atoms with Crippen LogP contribution in [0.3, 0.4) is 0 Å². The van der Waals surface area contributed by atoms with Gasteiger partial charge in [0.05, 0.1) is 5.97 Å². The normalized spacial score (nSPS) is 13.5. The van der Waals surface area contributed by atoms with Crippen molar-refractivity contribution in [2.75, 3.05) is 19.8 Å². The predicted octanol–water partition coefficient (Wildman–Crippen LogP) is 7.36. The van der Waals surface area contributed by atoms with E-state index in [0.29, 0.717) is 17.8 Å². The van der Waals surface area contributed by atoms with E-state index in [1.807, 2.05) is 0 Å². The summed E-state index contributed by atoms with van der Waals surface area (Å²) in [5, 5.41) is 9.49. The molecule has 202 valence electrons. The van der Waals surface area contributed by atoms with Crippen molar-refractivity contribution < 1.29 is 38.9 Å². The van der Waals surface area contributed by atoms with Crippen molar-refractivity contribution in [1.82, 2.24) is 0 Å². The van der Waals surface area contributed by atoms with Crippen LogP contribution in [0.5, 0.6) is 0 Å². The molecule has 0 bridgehead atoms. The van der Waals surface area contributed by atoms with Crippen LogP contribution >= 0.6 is 0 Å². The third-order valence-corrected chi connectivity index (χ3v) is 8.17. The first-order valence-corrected chi connectivity index (χ1v) is 15.8. The molecule has 0 spiro atoms. The standard InChI is InChI=1S/3C8H17O.C4H6O2.Ti/c3*1-3-5-6-8(4-2)7-9;1-3(2)4(5)6;/h3*8H,3-7H2,1-2H3;1H2,2H3,(H,5,6);/q3*-1;;+4/p-1. The van der Waals surface area contributed by atoms with Crippen LogP contribution in [0.2, 0.25) is 0 Å². The van der Waals surface area contributed by atoms with Gasteiger partial charge in [0.15, 0.2) is 0 Å². The summed E-state index contributed by atoms with van der Waals surface area (Å²) in [7, 11) is 0. The van der Waals surface area contributed by atoms with Gasteiger partial charge in [0, 0.05) is 0 Å². The topological polar surface area (TPSA) is 67.8 Å². The molecule has 0 aliphatic heterocycles. The Labute approximate surface area is 219 Å². The zero-order chi connectivity index (χ0) is 26.2. The number of unbranched alkanes of at least 4 members (excludes halogenated alkanes) is 3. The molecule has 0 rings (SSSR count). The van der Waals surface area contributed by atoms with Crippen LogP contribution in [0.4, 0.5) is 0 Å². The van der Waals surface area contributed by atoms with E-state index in [-0.39, 0.29) is 5.57 Å². The molecule has 0 aromatic rings. The summed E-state index contributed by atoms with van der Waals surface area (Å²) in [6.07, 6.45) is 15.0. The van der Waals surface area contributed by atoms with Gasteiger partial charge in [-0.15, -0.1) is 0 Å². The monoisotopic (exact) mass is 520 g/mol. The van der Waals surface area contributed by atoms with Gasteiger partial charge in [-0.25, -0.2) is 0 Å². The average Bonchev–Trinajstić information content (AvgIpc) is 2.83. The summed E-state index contributed by atoms with van der Waals surface area (Å²) in [6.45, 7) is 20.6. The molecule has 34 heavy (non-hydrogen) atoms. The summed E-state index contributed by atoms with van der Waals surface area (Å²) < 4.78 is 18.9. The maximum atomic E-state index is 9.49. The van der Waals surface area contributed by atoms with Crippen LogP contribution in [0.1, 0.15) is 126 Å². The number of carbonyl (C=O) groups is 1. The number of carboxylic acids is 1. The first-order chi connectivity index (χ1) is 16.3. The van der Waals surface area contributed by atoms with Gasteiger partial charge in [0.1, 0.15) is 0 Å². The van der Waals surface area contributed by atoms with Gasteiger partial charge in [-0.3, -0.25) is 0 Å². The summed E-state index contributed by atoms with van der Waals surface area (Å²) in [4.78, 5) is 9.49. The summed E-state index contributed by atoms with van der Waals surface area (Å²) >= 11 is -2.36. The van der Waals surface area contributed by atoms with Gasteiger partial charge in [-0.1, -0.05) is 6.58 Å². The van der Waals surface area contributed by atoms with Crippen molar-refractivity contribution in [3.05, 3.63) is 12.2 Å². The Morgan fingerprint density at radius 3 is 1.15 bits per heavy atom. The molecule has 3 atom stereocenters. The third kappa shape index (κ3) is 22.3. The number of aliphatic carboxylic acids is 1. The zero-order valence-electron chi connectivity index (χ0n) is 23.6. The molecular formula is C28H56O5Ti. The Morgan fingerprint density at radius 2 is 0.971 bits per heavy atom. The fraction of sp³-hybridized carbons (Fsp3) is 0.893. The van der Waals surface area contributed by atoms with E-state index >= 15 is 0 Å². The van der Waals surface area contributed by atoms with Crippen LogP contribution in [0.25, 0.3) is 0 Å². The number of hydrogen-bond acceptors (Lipinski definition) is 5. The van der Waals surface area contributed by atoms with Crippen molar-refractivity contribution in [3.63, 3.8) is 0 Å². The van der Waals surface area contributed by atoms with Gasteiger partial charge in [0.2, 0.25) is 0 Å². The molecule has 0 radical (unpaired) electrons. The molecule has 3 unspecified atom stereocenters. The molecule has 0 heterocycles. The maximum absolute atomic E-state index is 9.49. The van der Waals surface area contributed by atoms with E-state index in [4.69, 9.17) is 9.96 Å². The van der Waals surface area contributed by atoms with E-state index < -0.39 is 25.0 Å². The summed E-state index contributed by atoms with van der Waals surface area (Å²) in [5.74, 6) is 0.770. The first kappa shape index (κ1) is 36.0. The number of rotatable bonds is 22. The van der Waals surface area contributed by atoms with Crippen LogP contribution < -0.4 is 5.11 Å². The second kappa shape index (κ2) is 25.9. The van der Waals surface area contributed by atoms with Crippen molar-refractivity contribution >= 4 is 5.97 Å². The predicted molar refractivity (Wildman–Crippen MR) is 138 cm³/mol.